The van der Waals surface area contributed by atoms with Gasteiger partial charge in [0.25, 0.3) is 0 Å². The summed E-state index contributed by atoms with van der Waals surface area (Å²) < 4.78 is 7.37. The number of allylic oxidation sites excluding steroid dienone is 1. The first-order chi connectivity index (χ1) is 13.6. The summed E-state index contributed by atoms with van der Waals surface area (Å²) in [5.41, 5.74) is 2.16. The Kier molecular flexibility index (Phi) is 5.03. The molecule has 0 atom stereocenters. The van der Waals surface area contributed by atoms with Gasteiger partial charge in [-0.2, -0.15) is 5.26 Å². The van der Waals surface area contributed by atoms with E-state index in [1.165, 1.54) is 0 Å². The fourth-order valence-corrected chi connectivity index (χ4v) is 4.21. The molecule has 8 heteroatoms. The predicted molar refractivity (Wildman–Crippen MR) is 114 cm³/mol. The average molecular weight is 500 g/mol. The molecule has 0 aliphatic carbocycles. The van der Waals surface area contributed by atoms with Crippen molar-refractivity contribution in [2.24, 2.45) is 0 Å². The van der Waals surface area contributed by atoms with Crippen LogP contribution in [0.15, 0.2) is 63.4 Å². The van der Waals surface area contributed by atoms with Gasteiger partial charge in [-0.1, -0.05) is 34.1 Å². The summed E-state index contributed by atoms with van der Waals surface area (Å²) in [6, 6.07) is 15.0. The Hall–Kier alpha value is -2.89. The molecule has 2 heterocycles. The highest BCUT2D eigenvalue weighted by atomic mass is 79.9. The highest BCUT2D eigenvalue weighted by Crippen LogP contribution is 2.37. The molecule has 0 saturated carbocycles. The lowest BCUT2D eigenvalue weighted by molar-refractivity contribution is 0.273. The van der Waals surface area contributed by atoms with Crippen LogP contribution in [0.2, 0.25) is 0 Å². The van der Waals surface area contributed by atoms with E-state index in [9.17, 15) is 10.4 Å². The van der Waals surface area contributed by atoms with Crippen molar-refractivity contribution in [3.05, 3.63) is 69.2 Å². The van der Waals surface area contributed by atoms with Crippen molar-refractivity contribution in [2.75, 3.05) is 6.61 Å². The molecule has 0 aliphatic heterocycles. The van der Waals surface area contributed by atoms with Crippen LogP contribution in [0.5, 0.6) is 5.75 Å². The third-order valence-corrected chi connectivity index (χ3v) is 5.38. The number of benzene rings is 2. The van der Waals surface area contributed by atoms with Crippen LogP contribution in [-0.2, 0) is 0 Å². The molecule has 138 valence electrons. The van der Waals surface area contributed by atoms with E-state index < -0.39 is 0 Å². The third kappa shape index (κ3) is 3.35. The minimum absolute atomic E-state index is 0.0294. The topological polar surface area (TPSA) is 94.8 Å². The number of imidazole rings is 1. The largest absolute Gasteiger partial charge is 0.507 e. The van der Waals surface area contributed by atoms with Gasteiger partial charge in [-0.15, -0.1) is 0 Å². The fourth-order valence-electron chi connectivity index (χ4n) is 2.82. The molecule has 0 saturated heterocycles. The molecule has 0 unspecified atom stereocenters. The average Bonchev–Trinajstić information content (AvgIpc) is 3.12. The van der Waals surface area contributed by atoms with E-state index in [2.05, 4.69) is 46.8 Å². The van der Waals surface area contributed by atoms with Crippen molar-refractivity contribution >= 4 is 59.4 Å². The van der Waals surface area contributed by atoms with Crippen molar-refractivity contribution in [1.29, 1.82) is 5.26 Å². The van der Waals surface area contributed by atoms with Crippen molar-refractivity contribution in [2.45, 2.75) is 0 Å². The smallest absolute Gasteiger partial charge is 0.160 e. The van der Waals surface area contributed by atoms with Gasteiger partial charge in [-0.25, -0.2) is 4.98 Å². The summed E-state index contributed by atoms with van der Waals surface area (Å²) in [6.45, 7) is -0.203. The summed E-state index contributed by atoms with van der Waals surface area (Å²) in [5.74, 6) is 0.551. The number of para-hydroxylation sites is 2. The number of ether oxygens (including phenoxy) is 1. The van der Waals surface area contributed by atoms with Crippen LogP contribution in [0.3, 0.4) is 0 Å². The van der Waals surface area contributed by atoms with Gasteiger partial charge in [0.05, 0.1) is 15.5 Å². The number of nitrogens with one attached hydrogen (secondary N) is 1. The number of halogens is 2. The number of nitriles is 1. The number of rotatable bonds is 4. The van der Waals surface area contributed by atoms with Gasteiger partial charge in [0.15, 0.2) is 17.3 Å². The number of pyridine rings is 1. The number of nitrogens with zero attached hydrogens (tertiary/aromatic N) is 3. The number of aromatic nitrogens is 3. The minimum Gasteiger partial charge on any atom is -0.507 e. The zero-order chi connectivity index (χ0) is 19.7. The quantitative estimate of drug-likeness (QED) is 0.285. The van der Waals surface area contributed by atoms with Gasteiger partial charge < -0.3 is 14.8 Å². The van der Waals surface area contributed by atoms with Crippen molar-refractivity contribution < 1.29 is 9.84 Å². The highest BCUT2D eigenvalue weighted by Gasteiger charge is 2.16. The van der Waals surface area contributed by atoms with E-state index >= 15 is 0 Å². The number of hydrogen-bond donors (Lipinski definition) is 2. The molecule has 0 spiro atoms. The van der Waals surface area contributed by atoms with E-state index in [0.29, 0.717) is 27.1 Å². The molecular formula is C20H12Br2N4O2. The predicted octanol–water partition coefficient (Wildman–Crippen LogP) is 5.51. The second kappa shape index (κ2) is 7.62. The Morgan fingerprint density at radius 1 is 1.18 bits per heavy atom. The summed E-state index contributed by atoms with van der Waals surface area (Å²) in [5, 5.41) is 20.9. The van der Waals surface area contributed by atoms with Gasteiger partial charge in [0.1, 0.15) is 23.8 Å². The second-order valence-corrected chi connectivity index (χ2v) is 7.60. The lowest BCUT2D eigenvalue weighted by Gasteiger charge is -2.12. The molecule has 0 aliphatic rings. The van der Waals surface area contributed by atoms with Gasteiger partial charge >= 0.3 is 0 Å². The standard InChI is InChI=1S/C20H12Br2N4O2/c21-13-8-14(22)19(18-11(13)4-3-7-24-18)28-10-17(27)12(9-23)20-25-15-5-1-2-6-16(15)26-20/h1-8,27H,10H2,(H,25,26)/b17-12-. The molecule has 2 N–H and O–H groups in total. The Labute approximate surface area is 176 Å². The van der Waals surface area contributed by atoms with Gasteiger partial charge in [0.2, 0.25) is 0 Å². The number of H-pyrrole nitrogens is 1. The first-order valence-electron chi connectivity index (χ1n) is 8.21. The Morgan fingerprint density at radius 2 is 2.00 bits per heavy atom. The van der Waals surface area contributed by atoms with Crippen molar-refractivity contribution in [3.8, 4) is 11.8 Å². The number of fused-ring (bicyclic) bond motifs is 2. The zero-order valence-electron chi connectivity index (χ0n) is 14.3. The third-order valence-electron chi connectivity index (χ3n) is 4.13. The molecule has 0 bridgehead atoms. The highest BCUT2D eigenvalue weighted by molar-refractivity contribution is 9.11. The Bertz CT molecular complexity index is 1240. The van der Waals surface area contributed by atoms with E-state index in [1.807, 2.05) is 48.5 Å². The normalized spacial score (nSPS) is 12.0. The summed E-state index contributed by atoms with van der Waals surface area (Å²) in [7, 11) is 0. The second-order valence-electron chi connectivity index (χ2n) is 5.89. The SMILES string of the molecule is N#C/C(=C(/O)COc1c(Br)cc(Br)c2cccnc12)c1nc2ccccc2[nH]1. The van der Waals surface area contributed by atoms with Crippen molar-refractivity contribution in [3.63, 3.8) is 0 Å². The zero-order valence-corrected chi connectivity index (χ0v) is 17.5. The molecule has 28 heavy (non-hydrogen) atoms. The molecule has 6 nitrogen and oxygen atoms in total. The van der Waals surface area contributed by atoms with Gasteiger partial charge in [-0.05, 0) is 40.2 Å². The maximum absolute atomic E-state index is 10.5. The molecular weight excluding hydrogens is 488 g/mol. The monoisotopic (exact) mass is 498 g/mol. The molecule has 0 radical (unpaired) electrons. The van der Waals surface area contributed by atoms with Crippen molar-refractivity contribution in [1.82, 2.24) is 15.0 Å². The Balaban J connectivity index is 1.69. The van der Waals surface area contributed by atoms with Crippen LogP contribution in [0.25, 0.3) is 27.5 Å². The molecule has 2 aromatic carbocycles. The van der Waals surface area contributed by atoms with Crippen LogP contribution < -0.4 is 4.74 Å². The van der Waals surface area contributed by atoms with E-state index in [0.717, 1.165) is 15.4 Å². The first kappa shape index (κ1) is 18.5. The number of aliphatic hydroxyl groups is 1. The van der Waals surface area contributed by atoms with Gasteiger partial charge in [-0.3, -0.25) is 4.98 Å². The molecule has 0 amide bonds. The van der Waals surface area contributed by atoms with E-state index in [-0.39, 0.29) is 17.9 Å². The maximum atomic E-state index is 10.5. The van der Waals surface area contributed by atoms with Crippen LogP contribution in [-0.4, -0.2) is 26.7 Å². The lowest BCUT2D eigenvalue weighted by atomic mass is 10.2. The van der Waals surface area contributed by atoms with Crippen LogP contribution in [0.1, 0.15) is 5.82 Å². The molecule has 4 aromatic rings. The fraction of sp³-hybridized carbons (Fsp3) is 0.0500. The number of aliphatic hydroxyl groups excluding tert-OH is 1. The first-order valence-corrected chi connectivity index (χ1v) is 9.80. The Morgan fingerprint density at radius 3 is 2.79 bits per heavy atom. The van der Waals surface area contributed by atoms with Crippen LogP contribution in [0.4, 0.5) is 0 Å². The number of hydrogen-bond acceptors (Lipinski definition) is 5. The van der Waals surface area contributed by atoms with E-state index in [4.69, 9.17) is 4.74 Å². The lowest BCUT2D eigenvalue weighted by Crippen LogP contribution is -2.05. The number of aromatic amines is 1. The van der Waals surface area contributed by atoms with E-state index in [1.54, 1.807) is 6.20 Å². The minimum atomic E-state index is -0.222. The molecule has 4 rings (SSSR count). The van der Waals surface area contributed by atoms with Crippen LogP contribution >= 0.6 is 31.9 Å². The maximum Gasteiger partial charge on any atom is 0.160 e. The summed E-state index contributed by atoms with van der Waals surface area (Å²) in [4.78, 5) is 11.8. The molecule has 0 fully saturated rings. The molecule has 2 aromatic heterocycles. The summed E-state index contributed by atoms with van der Waals surface area (Å²) in [6.07, 6.45) is 1.67. The summed E-state index contributed by atoms with van der Waals surface area (Å²) >= 11 is 6.97. The van der Waals surface area contributed by atoms with Gasteiger partial charge in [0, 0.05) is 16.1 Å². The van der Waals surface area contributed by atoms with Crippen LogP contribution in [0, 0.1) is 11.3 Å².